The lowest BCUT2D eigenvalue weighted by atomic mass is 10.2. The first kappa shape index (κ1) is 17.3. The molecule has 9 heteroatoms. The van der Waals surface area contributed by atoms with Gasteiger partial charge in [0.15, 0.2) is 0 Å². The van der Waals surface area contributed by atoms with E-state index in [1.807, 2.05) is 26.8 Å². The maximum absolute atomic E-state index is 12.0. The molecule has 1 amide bonds. The van der Waals surface area contributed by atoms with Crippen LogP contribution in [-0.4, -0.2) is 42.4 Å². The Labute approximate surface area is 139 Å². The van der Waals surface area contributed by atoms with E-state index in [0.29, 0.717) is 23.6 Å². The molecule has 0 aliphatic rings. The van der Waals surface area contributed by atoms with Crippen molar-refractivity contribution in [1.29, 1.82) is 0 Å². The molecule has 0 spiro atoms. The maximum Gasteiger partial charge on any atom is 0.271 e. The molecule has 2 rings (SSSR count). The molecular weight excluding hydrogens is 314 g/mol. The van der Waals surface area contributed by atoms with Gasteiger partial charge in [-0.1, -0.05) is 25.6 Å². The number of carbonyl (C=O) groups is 1. The third-order valence-corrected chi connectivity index (χ3v) is 4.24. The summed E-state index contributed by atoms with van der Waals surface area (Å²) in [7, 11) is 0. The van der Waals surface area contributed by atoms with E-state index in [1.54, 1.807) is 4.68 Å². The quantitative estimate of drug-likeness (QED) is 0.603. The lowest BCUT2D eigenvalue weighted by molar-refractivity contribution is -0.120. The molecule has 2 aromatic rings. The van der Waals surface area contributed by atoms with Crippen LogP contribution in [0.4, 0.5) is 0 Å². The number of carbonyl (C=O) groups excluding carboxylic acids is 1. The number of thioether (sulfide) groups is 1. The number of hydrogen-bond acceptors (Lipinski definition) is 6. The Balaban J connectivity index is 2.10. The standard InChI is InChI=1S/C14H23N7OS/c1-8(2)7-16-12(22)11(5)23-14-18-17-13(20(14)15)21-10(4)6-9(3)19-21/h6,8,11H,7,15H2,1-5H3,(H,16,22). The van der Waals surface area contributed by atoms with Gasteiger partial charge in [-0.15, -0.1) is 10.2 Å². The van der Waals surface area contributed by atoms with E-state index in [-0.39, 0.29) is 11.2 Å². The Morgan fingerprint density at radius 3 is 2.61 bits per heavy atom. The summed E-state index contributed by atoms with van der Waals surface area (Å²) in [5.41, 5.74) is 1.79. The van der Waals surface area contributed by atoms with Gasteiger partial charge >= 0.3 is 0 Å². The minimum atomic E-state index is -0.312. The first-order chi connectivity index (χ1) is 10.8. The summed E-state index contributed by atoms with van der Waals surface area (Å²) in [6.45, 7) is 10.4. The van der Waals surface area contributed by atoms with Crippen LogP contribution in [0.15, 0.2) is 11.2 Å². The Bertz CT molecular complexity index is 691. The highest BCUT2D eigenvalue weighted by atomic mass is 32.2. The van der Waals surface area contributed by atoms with Crippen LogP contribution in [0.25, 0.3) is 5.95 Å². The minimum absolute atomic E-state index is 0.0423. The summed E-state index contributed by atoms with van der Waals surface area (Å²) in [6, 6.07) is 1.93. The highest BCUT2D eigenvalue weighted by Gasteiger charge is 2.20. The van der Waals surface area contributed by atoms with Crippen molar-refractivity contribution in [2.75, 3.05) is 12.4 Å². The van der Waals surface area contributed by atoms with Gasteiger partial charge in [-0.3, -0.25) is 4.79 Å². The first-order valence-corrected chi connectivity index (χ1v) is 8.36. The van der Waals surface area contributed by atoms with Gasteiger partial charge in [-0.25, -0.2) is 9.36 Å². The van der Waals surface area contributed by atoms with Crippen molar-refractivity contribution < 1.29 is 4.79 Å². The van der Waals surface area contributed by atoms with E-state index in [2.05, 4.69) is 34.5 Å². The van der Waals surface area contributed by atoms with Crippen molar-refractivity contribution in [2.45, 2.75) is 45.0 Å². The molecule has 0 bridgehead atoms. The molecule has 23 heavy (non-hydrogen) atoms. The third kappa shape index (κ3) is 4.04. The van der Waals surface area contributed by atoms with E-state index in [4.69, 9.17) is 5.84 Å². The van der Waals surface area contributed by atoms with Gasteiger partial charge < -0.3 is 11.2 Å². The topological polar surface area (TPSA) is 104 Å². The van der Waals surface area contributed by atoms with Crippen molar-refractivity contribution >= 4 is 17.7 Å². The molecule has 0 saturated heterocycles. The summed E-state index contributed by atoms with van der Waals surface area (Å²) in [5, 5.41) is 15.6. The van der Waals surface area contributed by atoms with E-state index in [0.717, 1.165) is 11.4 Å². The number of nitrogen functional groups attached to an aromatic ring is 1. The van der Waals surface area contributed by atoms with Crippen molar-refractivity contribution in [1.82, 2.24) is 30.0 Å². The second-order valence-corrected chi connectivity index (χ2v) is 7.20. The molecule has 2 heterocycles. The Morgan fingerprint density at radius 2 is 2.04 bits per heavy atom. The van der Waals surface area contributed by atoms with Crippen LogP contribution >= 0.6 is 11.8 Å². The molecular formula is C14H23N7OS. The molecule has 126 valence electrons. The predicted molar refractivity (Wildman–Crippen MR) is 89.9 cm³/mol. The predicted octanol–water partition coefficient (Wildman–Crippen LogP) is 1.05. The van der Waals surface area contributed by atoms with Crippen LogP contribution in [0.5, 0.6) is 0 Å². The second-order valence-electron chi connectivity index (χ2n) is 5.89. The number of nitrogens with zero attached hydrogens (tertiary/aromatic N) is 5. The summed E-state index contributed by atoms with van der Waals surface area (Å²) in [4.78, 5) is 12.0. The molecule has 0 aliphatic heterocycles. The fourth-order valence-electron chi connectivity index (χ4n) is 1.99. The molecule has 0 fully saturated rings. The average molecular weight is 337 g/mol. The Kier molecular flexibility index (Phi) is 5.30. The fourth-order valence-corrected chi connectivity index (χ4v) is 2.78. The number of nitrogens with two attached hydrogens (primary N) is 1. The number of aryl methyl sites for hydroxylation is 2. The van der Waals surface area contributed by atoms with Crippen molar-refractivity contribution in [2.24, 2.45) is 5.92 Å². The van der Waals surface area contributed by atoms with Gasteiger partial charge in [0.25, 0.3) is 5.95 Å². The van der Waals surface area contributed by atoms with Crippen LogP contribution in [0, 0.1) is 19.8 Å². The molecule has 3 N–H and O–H groups in total. The number of nitrogens with one attached hydrogen (secondary N) is 1. The molecule has 1 atom stereocenters. The van der Waals surface area contributed by atoms with Gasteiger partial charge in [0.2, 0.25) is 11.1 Å². The van der Waals surface area contributed by atoms with Gasteiger partial charge in [-0.05, 0) is 32.8 Å². The molecule has 0 radical (unpaired) electrons. The third-order valence-electron chi connectivity index (χ3n) is 3.18. The second kappa shape index (κ2) is 7.03. The molecule has 0 aliphatic carbocycles. The number of hydrogen-bond donors (Lipinski definition) is 2. The van der Waals surface area contributed by atoms with Gasteiger partial charge in [-0.2, -0.15) is 5.10 Å². The lowest BCUT2D eigenvalue weighted by Crippen LogP contribution is -2.33. The van der Waals surface area contributed by atoms with Gasteiger partial charge in [0, 0.05) is 12.2 Å². The van der Waals surface area contributed by atoms with Crippen molar-refractivity contribution in [3.8, 4) is 5.95 Å². The molecule has 8 nitrogen and oxygen atoms in total. The van der Waals surface area contributed by atoms with Crippen LogP contribution in [-0.2, 0) is 4.79 Å². The van der Waals surface area contributed by atoms with Gasteiger partial charge in [0.1, 0.15) is 0 Å². The van der Waals surface area contributed by atoms with Gasteiger partial charge in [0.05, 0.1) is 10.9 Å². The summed E-state index contributed by atoms with van der Waals surface area (Å²) >= 11 is 1.27. The van der Waals surface area contributed by atoms with Crippen LogP contribution in [0.3, 0.4) is 0 Å². The van der Waals surface area contributed by atoms with Crippen LogP contribution in [0.2, 0.25) is 0 Å². The average Bonchev–Trinajstić information content (AvgIpc) is 2.99. The van der Waals surface area contributed by atoms with E-state index < -0.39 is 0 Å². The number of amides is 1. The highest BCUT2D eigenvalue weighted by Crippen LogP contribution is 2.22. The van der Waals surface area contributed by atoms with Crippen LogP contribution < -0.4 is 11.2 Å². The summed E-state index contributed by atoms with van der Waals surface area (Å²) < 4.78 is 2.99. The van der Waals surface area contributed by atoms with E-state index in [1.165, 1.54) is 16.4 Å². The monoisotopic (exact) mass is 337 g/mol. The number of aromatic nitrogens is 5. The Morgan fingerprint density at radius 1 is 1.35 bits per heavy atom. The summed E-state index contributed by atoms with van der Waals surface area (Å²) in [6.07, 6.45) is 0. The SMILES string of the molecule is Cc1cc(C)n(-c2nnc(SC(C)C(=O)NCC(C)C)n2N)n1. The number of rotatable bonds is 6. The van der Waals surface area contributed by atoms with E-state index in [9.17, 15) is 4.79 Å². The van der Waals surface area contributed by atoms with Crippen molar-refractivity contribution in [3.05, 3.63) is 17.5 Å². The smallest absolute Gasteiger partial charge is 0.271 e. The molecule has 0 saturated carbocycles. The zero-order chi connectivity index (χ0) is 17.1. The maximum atomic E-state index is 12.0. The lowest BCUT2D eigenvalue weighted by Gasteiger charge is -2.12. The molecule has 0 aromatic carbocycles. The Hall–Kier alpha value is -2.03. The summed E-state index contributed by atoms with van der Waals surface area (Å²) in [5.74, 6) is 6.85. The minimum Gasteiger partial charge on any atom is -0.355 e. The zero-order valence-electron chi connectivity index (χ0n) is 14.1. The van der Waals surface area contributed by atoms with Crippen LogP contribution in [0.1, 0.15) is 32.2 Å². The van der Waals surface area contributed by atoms with E-state index >= 15 is 0 Å². The molecule has 1 unspecified atom stereocenters. The van der Waals surface area contributed by atoms with Crippen molar-refractivity contribution in [3.63, 3.8) is 0 Å². The normalized spacial score (nSPS) is 12.6. The zero-order valence-corrected chi connectivity index (χ0v) is 14.9. The fraction of sp³-hybridized carbons (Fsp3) is 0.571. The highest BCUT2D eigenvalue weighted by molar-refractivity contribution is 8.00. The first-order valence-electron chi connectivity index (χ1n) is 7.48. The largest absolute Gasteiger partial charge is 0.355 e. The molecule has 2 aromatic heterocycles.